The van der Waals surface area contributed by atoms with Crippen molar-refractivity contribution in [2.75, 3.05) is 6.54 Å². The summed E-state index contributed by atoms with van der Waals surface area (Å²) in [5.41, 5.74) is 5.81. The average Bonchev–Trinajstić information content (AvgIpc) is 2.34. The van der Waals surface area contributed by atoms with Gasteiger partial charge in [0, 0.05) is 6.04 Å². The third kappa shape index (κ3) is 4.99. The van der Waals surface area contributed by atoms with Crippen molar-refractivity contribution in [3.63, 3.8) is 0 Å². The maximum atomic E-state index is 3.75. The van der Waals surface area contributed by atoms with E-state index in [0.717, 1.165) is 6.54 Å². The summed E-state index contributed by atoms with van der Waals surface area (Å²) in [6.07, 6.45) is 6.43. The van der Waals surface area contributed by atoms with Crippen molar-refractivity contribution in [1.29, 1.82) is 0 Å². The quantitative estimate of drug-likeness (QED) is 0.632. The van der Waals surface area contributed by atoms with Gasteiger partial charge < -0.3 is 5.32 Å². The molecule has 0 heterocycles. The molecular formula is C18H31N. The van der Waals surface area contributed by atoms with E-state index < -0.39 is 0 Å². The second-order valence-electron chi connectivity index (χ2n) is 5.81. The summed E-state index contributed by atoms with van der Waals surface area (Å²) in [5.74, 6) is 0. The molecule has 0 bridgehead atoms. The Kier molecular flexibility index (Phi) is 7.15. The molecule has 0 saturated heterocycles. The molecule has 1 heteroatoms. The standard InChI is InChI=1S/C18H31N/c1-6-8-9-10-17(19-11-7-2)18-15(4)12-14(3)13-16(18)5/h12-13,17,19H,6-11H2,1-5H3. The van der Waals surface area contributed by atoms with Gasteiger partial charge in [0.15, 0.2) is 0 Å². The van der Waals surface area contributed by atoms with Gasteiger partial charge in [0.25, 0.3) is 0 Å². The van der Waals surface area contributed by atoms with E-state index in [1.54, 1.807) is 0 Å². The summed E-state index contributed by atoms with van der Waals surface area (Å²) in [5, 5.41) is 3.75. The molecule has 0 aliphatic carbocycles. The number of hydrogen-bond acceptors (Lipinski definition) is 1. The highest BCUT2D eigenvalue weighted by molar-refractivity contribution is 5.39. The van der Waals surface area contributed by atoms with E-state index in [2.05, 4.69) is 52.1 Å². The molecule has 1 aromatic rings. The molecule has 108 valence electrons. The third-order valence-electron chi connectivity index (χ3n) is 3.82. The Hall–Kier alpha value is -0.820. The lowest BCUT2D eigenvalue weighted by Gasteiger charge is -2.23. The highest BCUT2D eigenvalue weighted by Gasteiger charge is 2.15. The fraction of sp³-hybridized carbons (Fsp3) is 0.667. The van der Waals surface area contributed by atoms with E-state index in [9.17, 15) is 0 Å². The van der Waals surface area contributed by atoms with Gasteiger partial charge in [-0.25, -0.2) is 0 Å². The summed E-state index contributed by atoms with van der Waals surface area (Å²) in [6.45, 7) is 12.3. The van der Waals surface area contributed by atoms with E-state index in [1.165, 1.54) is 54.4 Å². The maximum Gasteiger partial charge on any atom is 0.0325 e. The lowest BCUT2D eigenvalue weighted by molar-refractivity contribution is 0.471. The molecule has 0 aliphatic heterocycles. The Labute approximate surface area is 119 Å². The lowest BCUT2D eigenvalue weighted by Crippen LogP contribution is -2.23. The molecule has 1 N–H and O–H groups in total. The van der Waals surface area contributed by atoms with Crippen LogP contribution in [0.3, 0.4) is 0 Å². The predicted molar refractivity (Wildman–Crippen MR) is 85.8 cm³/mol. The highest BCUT2D eigenvalue weighted by Crippen LogP contribution is 2.27. The molecule has 0 saturated carbocycles. The number of unbranched alkanes of at least 4 members (excludes halogenated alkanes) is 2. The van der Waals surface area contributed by atoms with Gasteiger partial charge in [0.1, 0.15) is 0 Å². The van der Waals surface area contributed by atoms with E-state index in [4.69, 9.17) is 0 Å². The van der Waals surface area contributed by atoms with Crippen molar-refractivity contribution in [3.05, 3.63) is 34.4 Å². The van der Waals surface area contributed by atoms with Gasteiger partial charge in [0.05, 0.1) is 0 Å². The molecule has 0 fully saturated rings. The van der Waals surface area contributed by atoms with Crippen LogP contribution < -0.4 is 5.32 Å². The largest absolute Gasteiger partial charge is 0.310 e. The van der Waals surface area contributed by atoms with Crippen molar-refractivity contribution >= 4 is 0 Å². The summed E-state index contributed by atoms with van der Waals surface area (Å²) in [7, 11) is 0. The van der Waals surface area contributed by atoms with Crippen LogP contribution in [-0.2, 0) is 0 Å². The Balaban J connectivity index is 2.89. The molecule has 0 amide bonds. The second-order valence-corrected chi connectivity index (χ2v) is 5.81. The number of aryl methyl sites for hydroxylation is 3. The second kappa shape index (κ2) is 8.37. The first-order chi connectivity index (χ1) is 9.10. The highest BCUT2D eigenvalue weighted by atomic mass is 14.9. The molecule has 1 rings (SSSR count). The minimum atomic E-state index is 0.534. The van der Waals surface area contributed by atoms with Gasteiger partial charge in [-0.2, -0.15) is 0 Å². The summed E-state index contributed by atoms with van der Waals surface area (Å²) in [4.78, 5) is 0. The Morgan fingerprint density at radius 2 is 1.58 bits per heavy atom. The Morgan fingerprint density at radius 3 is 2.11 bits per heavy atom. The van der Waals surface area contributed by atoms with Gasteiger partial charge in [-0.05, 0) is 56.8 Å². The van der Waals surface area contributed by atoms with E-state index >= 15 is 0 Å². The molecule has 1 aromatic carbocycles. The minimum absolute atomic E-state index is 0.534. The smallest absolute Gasteiger partial charge is 0.0325 e. The van der Waals surface area contributed by atoms with Crippen molar-refractivity contribution in [1.82, 2.24) is 5.32 Å². The van der Waals surface area contributed by atoms with Gasteiger partial charge in [-0.15, -0.1) is 0 Å². The minimum Gasteiger partial charge on any atom is -0.310 e. The van der Waals surface area contributed by atoms with Crippen LogP contribution in [0.2, 0.25) is 0 Å². The van der Waals surface area contributed by atoms with Crippen molar-refractivity contribution < 1.29 is 0 Å². The Bertz CT molecular complexity index is 358. The van der Waals surface area contributed by atoms with Crippen LogP contribution >= 0.6 is 0 Å². The third-order valence-corrected chi connectivity index (χ3v) is 3.82. The summed E-state index contributed by atoms with van der Waals surface area (Å²) < 4.78 is 0. The van der Waals surface area contributed by atoms with Crippen LogP contribution in [0.25, 0.3) is 0 Å². The molecular weight excluding hydrogens is 230 g/mol. The van der Waals surface area contributed by atoms with Crippen molar-refractivity contribution in [2.45, 2.75) is 72.8 Å². The zero-order valence-electron chi connectivity index (χ0n) is 13.5. The van der Waals surface area contributed by atoms with Crippen LogP contribution in [0, 0.1) is 20.8 Å². The predicted octanol–water partition coefficient (Wildman–Crippen LogP) is 5.23. The topological polar surface area (TPSA) is 12.0 Å². The normalized spacial score (nSPS) is 12.7. The van der Waals surface area contributed by atoms with E-state index in [-0.39, 0.29) is 0 Å². The number of rotatable bonds is 8. The molecule has 1 unspecified atom stereocenters. The van der Waals surface area contributed by atoms with Crippen LogP contribution in [0.15, 0.2) is 12.1 Å². The summed E-state index contributed by atoms with van der Waals surface area (Å²) >= 11 is 0. The van der Waals surface area contributed by atoms with Crippen LogP contribution in [0.1, 0.15) is 74.2 Å². The monoisotopic (exact) mass is 261 g/mol. The zero-order chi connectivity index (χ0) is 14.3. The van der Waals surface area contributed by atoms with Gasteiger partial charge in [-0.1, -0.05) is 50.8 Å². The number of benzene rings is 1. The molecule has 1 nitrogen and oxygen atoms in total. The first-order valence-corrected chi connectivity index (χ1v) is 7.91. The zero-order valence-corrected chi connectivity index (χ0v) is 13.5. The van der Waals surface area contributed by atoms with Gasteiger partial charge in [-0.3, -0.25) is 0 Å². The van der Waals surface area contributed by atoms with Crippen LogP contribution in [-0.4, -0.2) is 6.54 Å². The maximum absolute atomic E-state index is 3.75. The first kappa shape index (κ1) is 16.2. The van der Waals surface area contributed by atoms with Crippen LogP contribution in [0.4, 0.5) is 0 Å². The SMILES string of the molecule is CCCCCC(NCCC)c1c(C)cc(C)cc1C. The van der Waals surface area contributed by atoms with E-state index in [1.807, 2.05) is 0 Å². The van der Waals surface area contributed by atoms with E-state index in [0.29, 0.717) is 6.04 Å². The fourth-order valence-electron chi connectivity index (χ4n) is 3.01. The van der Waals surface area contributed by atoms with Crippen molar-refractivity contribution in [3.8, 4) is 0 Å². The fourth-order valence-corrected chi connectivity index (χ4v) is 3.01. The van der Waals surface area contributed by atoms with Crippen LogP contribution in [0.5, 0.6) is 0 Å². The molecule has 19 heavy (non-hydrogen) atoms. The Morgan fingerprint density at radius 1 is 0.947 bits per heavy atom. The molecule has 0 aliphatic rings. The van der Waals surface area contributed by atoms with Gasteiger partial charge in [0.2, 0.25) is 0 Å². The molecule has 0 spiro atoms. The lowest BCUT2D eigenvalue weighted by atomic mass is 9.91. The summed E-state index contributed by atoms with van der Waals surface area (Å²) in [6, 6.07) is 5.18. The molecule has 0 radical (unpaired) electrons. The molecule has 0 aromatic heterocycles. The number of nitrogens with one attached hydrogen (secondary N) is 1. The molecule has 1 atom stereocenters. The van der Waals surface area contributed by atoms with Crippen molar-refractivity contribution in [2.24, 2.45) is 0 Å². The average molecular weight is 261 g/mol. The van der Waals surface area contributed by atoms with Gasteiger partial charge >= 0.3 is 0 Å². The first-order valence-electron chi connectivity index (χ1n) is 7.91. The number of hydrogen-bond donors (Lipinski definition) is 1.